The van der Waals surface area contributed by atoms with Crippen LogP contribution < -0.4 is 29.6 Å². The van der Waals surface area contributed by atoms with Crippen LogP contribution in [0.3, 0.4) is 0 Å². The normalized spacial score (nSPS) is 14.0. The monoisotopic (exact) mass is 400 g/mol. The van der Waals surface area contributed by atoms with E-state index >= 15 is 0 Å². The zero-order chi connectivity index (χ0) is 19.0. The van der Waals surface area contributed by atoms with Crippen molar-refractivity contribution in [2.24, 2.45) is 0 Å². The molecule has 0 bridgehead atoms. The molecule has 0 aromatic heterocycles. The molecule has 1 N–H and O–H groups in total. The molecule has 0 aliphatic rings. The summed E-state index contributed by atoms with van der Waals surface area (Å²) < 4.78 is 34.3. The summed E-state index contributed by atoms with van der Waals surface area (Å²) in [7, 11) is -4.66. The molecule has 0 spiro atoms. The number of hydrogen-bond donors (Lipinski definition) is 1. The van der Waals surface area contributed by atoms with Gasteiger partial charge >= 0.3 is 29.6 Å². The number of unbranched alkanes of at least 4 members (excludes halogenated alkanes) is 13. The second-order valence-electron chi connectivity index (χ2n) is 7.50. The van der Waals surface area contributed by atoms with Gasteiger partial charge in [-0.2, -0.15) is 0 Å². The molecule has 0 aromatic carbocycles. The van der Waals surface area contributed by atoms with E-state index in [1.165, 1.54) is 44.9 Å². The fraction of sp³-hybridized carbons (Fsp3) is 1.00. The standard InChI is InChI=1S/C20H42O4S.Na/c1-3-5-7-9-10-11-12-13-14-15-17-19-20(21,25(22,23)24)18-16-8-6-4-2;/h21H,3-19H2,1-2H3,(H,22,23,24);/q;+1/p-1. The Bertz CT molecular complexity index is 401. The maximum Gasteiger partial charge on any atom is 1.00 e. The smallest absolute Gasteiger partial charge is 0.746 e. The van der Waals surface area contributed by atoms with Gasteiger partial charge in [0, 0.05) is 0 Å². The summed E-state index contributed by atoms with van der Waals surface area (Å²) in [5, 5.41) is 10.3. The van der Waals surface area contributed by atoms with Crippen LogP contribution in [0, 0.1) is 0 Å². The Kier molecular flexibility index (Phi) is 20.1. The third-order valence-corrected chi connectivity index (χ3v) is 6.40. The third kappa shape index (κ3) is 14.9. The molecule has 0 saturated heterocycles. The van der Waals surface area contributed by atoms with Crippen molar-refractivity contribution in [2.75, 3.05) is 0 Å². The molecule has 4 nitrogen and oxygen atoms in total. The SMILES string of the molecule is CCCCCCCCCCCCCC(O)(CCCCCC)S(=O)(=O)[O-].[Na+]. The van der Waals surface area contributed by atoms with Crippen molar-refractivity contribution in [1.29, 1.82) is 0 Å². The van der Waals surface area contributed by atoms with Crippen molar-refractivity contribution in [3.63, 3.8) is 0 Å². The molecule has 1 unspecified atom stereocenters. The summed E-state index contributed by atoms with van der Waals surface area (Å²) >= 11 is 0. The molecule has 1 atom stereocenters. The van der Waals surface area contributed by atoms with Crippen LogP contribution in [0.15, 0.2) is 0 Å². The van der Waals surface area contributed by atoms with Crippen molar-refractivity contribution in [2.45, 2.75) is 128 Å². The van der Waals surface area contributed by atoms with Gasteiger partial charge in [-0.1, -0.05) is 97.3 Å². The van der Waals surface area contributed by atoms with E-state index in [4.69, 9.17) is 0 Å². The molecule has 0 aliphatic heterocycles. The average molecular weight is 401 g/mol. The van der Waals surface area contributed by atoms with Crippen LogP contribution in [0.25, 0.3) is 0 Å². The van der Waals surface area contributed by atoms with E-state index in [-0.39, 0.29) is 42.4 Å². The zero-order valence-corrected chi connectivity index (χ0v) is 20.4. The molecular weight excluding hydrogens is 359 g/mol. The Labute approximate surface area is 185 Å². The predicted molar refractivity (Wildman–Crippen MR) is 104 cm³/mol. The minimum Gasteiger partial charge on any atom is -0.746 e. The molecule has 0 aromatic rings. The molecule has 0 amide bonds. The van der Waals surface area contributed by atoms with Crippen LogP contribution in [0.1, 0.15) is 123 Å². The van der Waals surface area contributed by atoms with Crippen molar-refractivity contribution in [3.8, 4) is 0 Å². The fourth-order valence-electron chi connectivity index (χ4n) is 3.27. The Hall–Kier alpha value is 0.870. The van der Waals surface area contributed by atoms with Gasteiger partial charge in [0.1, 0.15) is 10.1 Å². The molecule has 0 aliphatic carbocycles. The molecule has 0 fully saturated rings. The molecule has 0 heterocycles. The Morgan fingerprint density at radius 3 is 1.23 bits per heavy atom. The molecule has 26 heavy (non-hydrogen) atoms. The van der Waals surface area contributed by atoms with E-state index in [1.54, 1.807) is 0 Å². The van der Waals surface area contributed by atoms with Gasteiger partial charge in [0.15, 0.2) is 4.93 Å². The van der Waals surface area contributed by atoms with Crippen LogP contribution in [-0.4, -0.2) is 23.0 Å². The largest absolute Gasteiger partial charge is 1.00 e. The molecule has 0 saturated carbocycles. The van der Waals surface area contributed by atoms with E-state index in [0.717, 1.165) is 38.5 Å². The van der Waals surface area contributed by atoms with Crippen LogP contribution in [0.5, 0.6) is 0 Å². The average Bonchev–Trinajstić information content (AvgIpc) is 2.55. The van der Waals surface area contributed by atoms with Crippen molar-refractivity contribution in [3.05, 3.63) is 0 Å². The molecule has 6 heteroatoms. The maximum atomic E-state index is 11.4. The fourth-order valence-corrected chi connectivity index (χ4v) is 4.06. The summed E-state index contributed by atoms with van der Waals surface area (Å²) in [5.41, 5.74) is 0. The van der Waals surface area contributed by atoms with E-state index < -0.39 is 15.1 Å². The first-order chi connectivity index (χ1) is 11.9. The molecule has 0 rings (SSSR count). The third-order valence-electron chi connectivity index (χ3n) is 5.06. The first-order valence-electron chi connectivity index (χ1n) is 10.5. The van der Waals surface area contributed by atoms with Crippen LogP contribution in [0.2, 0.25) is 0 Å². The predicted octanol–water partition coefficient (Wildman–Crippen LogP) is 2.90. The van der Waals surface area contributed by atoms with Gasteiger partial charge in [-0.25, -0.2) is 8.42 Å². The van der Waals surface area contributed by atoms with Gasteiger partial charge in [0.2, 0.25) is 0 Å². The summed E-state index contributed by atoms with van der Waals surface area (Å²) in [5.74, 6) is 0. The number of hydrogen-bond acceptors (Lipinski definition) is 4. The second-order valence-corrected chi connectivity index (χ2v) is 9.16. The van der Waals surface area contributed by atoms with Gasteiger partial charge in [0.25, 0.3) is 0 Å². The van der Waals surface area contributed by atoms with Crippen molar-refractivity contribution >= 4 is 10.1 Å². The summed E-state index contributed by atoms with van der Waals surface area (Å²) in [4.78, 5) is -2.06. The first kappa shape index (κ1) is 29.1. The minimum atomic E-state index is -4.66. The minimum absolute atomic E-state index is 0. The summed E-state index contributed by atoms with van der Waals surface area (Å²) in [6.07, 6.45) is 16.5. The van der Waals surface area contributed by atoms with Gasteiger partial charge in [-0.05, 0) is 25.7 Å². The van der Waals surface area contributed by atoms with Gasteiger partial charge in [-0.3, -0.25) is 0 Å². The van der Waals surface area contributed by atoms with Gasteiger partial charge in [-0.15, -0.1) is 0 Å². The Morgan fingerprint density at radius 2 is 0.923 bits per heavy atom. The topological polar surface area (TPSA) is 77.4 Å². The second kappa shape index (κ2) is 17.9. The molecule has 0 radical (unpaired) electrons. The summed E-state index contributed by atoms with van der Waals surface area (Å²) in [6, 6.07) is 0. The van der Waals surface area contributed by atoms with E-state index in [2.05, 4.69) is 13.8 Å². The Morgan fingerprint density at radius 1 is 0.654 bits per heavy atom. The van der Waals surface area contributed by atoms with Crippen LogP contribution in [-0.2, 0) is 10.1 Å². The maximum absolute atomic E-state index is 11.4. The van der Waals surface area contributed by atoms with E-state index in [0.29, 0.717) is 12.8 Å². The molecule has 152 valence electrons. The number of aliphatic hydroxyl groups is 1. The quantitative estimate of drug-likeness (QED) is 0.218. The Balaban J connectivity index is 0. The number of rotatable bonds is 18. The van der Waals surface area contributed by atoms with Crippen LogP contribution in [0.4, 0.5) is 0 Å². The van der Waals surface area contributed by atoms with Crippen molar-refractivity contribution < 1.29 is 47.6 Å². The van der Waals surface area contributed by atoms with E-state index in [9.17, 15) is 18.1 Å². The van der Waals surface area contributed by atoms with Gasteiger partial charge in [0.05, 0.1) is 0 Å². The zero-order valence-electron chi connectivity index (χ0n) is 17.6. The van der Waals surface area contributed by atoms with Gasteiger partial charge < -0.3 is 9.66 Å². The van der Waals surface area contributed by atoms with Crippen LogP contribution >= 0.6 is 0 Å². The first-order valence-corrected chi connectivity index (χ1v) is 12.0. The molecular formula is C20H41NaO4S. The van der Waals surface area contributed by atoms with E-state index in [1.807, 2.05) is 0 Å². The summed E-state index contributed by atoms with van der Waals surface area (Å²) in [6.45, 7) is 4.30. The van der Waals surface area contributed by atoms with Crippen molar-refractivity contribution in [1.82, 2.24) is 0 Å².